The van der Waals surface area contributed by atoms with Crippen LogP contribution in [-0.4, -0.2) is 9.78 Å². The van der Waals surface area contributed by atoms with Crippen LogP contribution >= 0.6 is 11.6 Å². The first kappa shape index (κ1) is 13.2. The zero-order valence-electron chi connectivity index (χ0n) is 11.2. The van der Waals surface area contributed by atoms with Crippen molar-refractivity contribution in [3.05, 3.63) is 64.9 Å². The molecule has 3 aromatic rings. The molecule has 0 aliphatic carbocycles. The third kappa shape index (κ3) is 2.69. The molecule has 1 heterocycles. The topological polar surface area (TPSA) is 27.1 Å². The molecule has 0 saturated heterocycles. The van der Waals surface area contributed by atoms with Crippen molar-refractivity contribution in [2.45, 2.75) is 13.2 Å². The van der Waals surface area contributed by atoms with Crippen LogP contribution in [0.5, 0.6) is 0 Å². The summed E-state index contributed by atoms with van der Waals surface area (Å²) in [6, 6.07) is 14.7. The number of aryl methyl sites for hydroxylation is 1. The van der Waals surface area contributed by atoms with E-state index in [4.69, 9.17) is 16.3 Å². The molecule has 0 atom stereocenters. The third-order valence-electron chi connectivity index (χ3n) is 3.33. The Morgan fingerprint density at radius 1 is 1.10 bits per heavy atom. The first-order valence-electron chi connectivity index (χ1n) is 6.46. The number of rotatable bonds is 4. The van der Waals surface area contributed by atoms with Crippen molar-refractivity contribution >= 4 is 22.4 Å². The molecular weight excluding hydrogens is 272 g/mol. The molecule has 0 fully saturated rings. The number of halogens is 1. The molecule has 0 unspecified atom stereocenters. The van der Waals surface area contributed by atoms with E-state index >= 15 is 0 Å². The van der Waals surface area contributed by atoms with Crippen molar-refractivity contribution < 1.29 is 4.74 Å². The Morgan fingerprint density at radius 2 is 1.90 bits per heavy atom. The van der Waals surface area contributed by atoms with Crippen molar-refractivity contribution in [3.63, 3.8) is 0 Å². The van der Waals surface area contributed by atoms with Gasteiger partial charge in [0.1, 0.15) is 0 Å². The Balaban J connectivity index is 1.68. The van der Waals surface area contributed by atoms with Crippen LogP contribution in [0.25, 0.3) is 10.8 Å². The highest BCUT2D eigenvalue weighted by Crippen LogP contribution is 2.18. The van der Waals surface area contributed by atoms with Gasteiger partial charge in [0.25, 0.3) is 0 Å². The van der Waals surface area contributed by atoms with Gasteiger partial charge < -0.3 is 4.74 Å². The van der Waals surface area contributed by atoms with Gasteiger partial charge in [-0.2, -0.15) is 5.10 Å². The Labute approximate surface area is 122 Å². The quantitative estimate of drug-likeness (QED) is 0.726. The smallest absolute Gasteiger partial charge is 0.0904 e. The molecule has 0 N–H and O–H groups in total. The van der Waals surface area contributed by atoms with Crippen LogP contribution in [0.1, 0.15) is 11.3 Å². The zero-order valence-corrected chi connectivity index (χ0v) is 12.0. The van der Waals surface area contributed by atoms with Gasteiger partial charge in [-0.25, -0.2) is 0 Å². The zero-order chi connectivity index (χ0) is 13.9. The van der Waals surface area contributed by atoms with Crippen molar-refractivity contribution in [2.75, 3.05) is 0 Å². The molecule has 3 nitrogen and oxygen atoms in total. The fourth-order valence-corrected chi connectivity index (χ4v) is 2.41. The Hall–Kier alpha value is -1.84. The first-order valence-corrected chi connectivity index (χ1v) is 6.83. The van der Waals surface area contributed by atoms with Crippen molar-refractivity contribution in [1.29, 1.82) is 0 Å². The molecule has 2 aromatic carbocycles. The average molecular weight is 287 g/mol. The predicted molar refractivity (Wildman–Crippen MR) is 80.7 cm³/mol. The maximum Gasteiger partial charge on any atom is 0.0904 e. The Morgan fingerprint density at radius 3 is 2.65 bits per heavy atom. The number of hydrogen-bond donors (Lipinski definition) is 0. The Bertz CT molecular complexity index is 717. The lowest BCUT2D eigenvalue weighted by Gasteiger charge is -2.07. The molecule has 102 valence electrons. The van der Waals surface area contributed by atoms with E-state index in [1.807, 2.05) is 19.2 Å². The number of nitrogens with zero attached hydrogens (tertiary/aromatic N) is 2. The minimum Gasteiger partial charge on any atom is -0.370 e. The second-order valence-corrected chi connectivity index (χ2v) is 5.14. The standard InChI is InChI=1S/C16H15ClN2O/c1-19-16(15(17)9-18-19)11-20-10-12-6-7-13-4-2-3-5-14(13)8-12/h2-9H,10-11H2,1H3. The van der Waals surface area contributed by atoms with Crippen LogP contribution in [0, 0.1) is 0 Å². The van der Waals surface area contributed by atoms with Gasteiger partial charge in [0, 0.05) is 7.05 Å². The van der Waals surface area contributed by atoms with E-state index in [2.05, 4.69) is 35.4 Å². The predicted octanol–water partition coefficient (Wildman–Crippen LogP) is 3.94. The molecule has 0 bridgehead atoms. The van der Waals surface area contributed by atoms with Gasteiger partial charge >= 0.3 is 0 Å². The second kappa shape index (κ2) is 5.65. The number of fused-ring (bicyclic) bond motifs is 1. The molecule has 0 spiro atoms. The minimum absolute atomic E-state index is 0.460. The molecular formula is C16H15ClN2O. The SMILES string of the molecule is Cn1ncc(Cl)c1COCc1ccc2ccccc2c1. The molecule has 20 heavy (non-hydrogen) atoms. The third-order valence-corrected chi connectivity index (χ3v) is 3.65. The van der Waals surface area contributed by atoms with E-state index < -0.39 is 0 Å². The number of benzene rings is 2. The molecule has 0 radical (unpaired) electrons. The monoisotopic (exact) mass is 286 g/mol. The summed E-state index contributed by atoms with van der Waals surface area (Å²) in [6.07, 6.45) is 1.64. The first-order chi connectivity index (χ1) is 9.74. The molecule has 0 aliphatic rings. The van der Waals surface area contributed by atoms with Crippen LogP contribution in [0.3, 0.4) is 0 Å². The largest absolute Gasteiger partial charge is 0.370 e. The summed E-state index contributed by atoms with van der Waals surface area (Å²) in [5.41, 5.74) is 2.05. The minimum atomic E-state index is 0.460. The van der Waals surface area contributed by atoms with E-state index in [1.54, 1.807) is 10.9 Å². The Kier molecular flexibility index (Phi) is 3.72. The highest BCUT2D eigenvalue weighted by Gasteiger charge is 2.06. The molecule has 0 amide bonds. The lowest BCUT2D eigenvalue weighted by Crippen LogP contribution is -2.02. The molecule has 0 aliphatic heterocycles. The summed E-state index contributed by atoms with van der Waals surface area (Å²) < 4.78 is 7.47. The number of hydrogen-bond acceptors (Lipinski definition) is 2. The average Bonchev–Trinajstić information content (AvgIpc) is 2.79. The van der Waals surface area contributed by atoms with Crippen LogP contribution < -0.4 is 0 Å². The lowest BCUT2D eigenvalue weighted by atomic mass is 10.1. The summed E-state index contributed by atoms with van der Waals surface area (Å²) in [7, 11) is 1.86. The molecule has 0 saturated carbocycles. The maximum absolute atomic E-state index is 6.04. The number of ether oxygens (including phenoxy) is 1. The van der Waals surface area contributed by atoms with E-state index in [-0.39, 0.29) is 0 Å². The fourth-order valence-electron chi connectivity index (χ4n) is 2.19. The van der Waals surface area contributed by atoms with Crippen LogP contribution in [0.2, 0.25) is 5.02 Å². The normalized spacial score (nSPS) is 11.1. The highest BCUT2D eigenvalue weighted by atomic mass is 35.5. The lowest BCUT2D eigenvalue weighted by molar-refractivity contribution is 0.102. The van der Waals surface area contributed by atoms with Gasteiger partial charge in [-0.3, -0.25) is 4.68 Å². The summed E-state index contributed by atoms with van der Waals surface area (Å²) in [4.78, 5) is 0. The van der Waals surface area contributed by atoms with E-state index in [0.29, 0.717) is 18.2 Å². The van der Waals surface area contributed by atoms with Gasteiger partial charge in [-0.1, -0.05) is 48.0 Å². The van der Waals surface area contributed by atoms with Crippen LogP contribution in [-0.2, 0) is 25.0 Å². The van der Waals surface area contributed by atoms with Crippen LogP contribution in [0.4, 0.5) is 0 Å². The summed E-state index contributed by atoms with van der Waals surface area (Å²) in [5.74, 6) is 0. The van der Waals surface area contributed by atoms with E-state index in [0.717, 1.165) is 11.3 Å². The molecule has 1 aromatic heterocycles. The van der Waals surface area contributed by atoms with Crippen molar-refractivity contribution in [1.82, 2.24) is 9.78 Å². The van der Waals surface area contributed by atoms with Gasteiger partial charge in [-0.15, -0.1) is 0 Å². The number of aromatic nitrogens is 2. The summed E-state index contributed by atoms with van der Waals surface area (Å²) >= 11 is 6.04. The van der Waals surface area contributed by atoms with Crippen molar-refractivity contribution in [2.24, 2.45) is 7.05 Å². The van der Waals surface area contributed by atoms with Crippen molar-refractivity contribution in [3.8, 4) is 0 Å². The highest BCUT2D eigenvalue weighted by molar-refractivity contribution is 6.31. The van der Waals surface area contributed by atoms with Gasteiger partial charge in [0.15, 0.2) is 0 Å². The van der Waals surface area contributed by atoms with E-state index in [1.165, 1.54) is 10.8 Å². The summed E-state index contributed by atoms with van der Waals surface area (Å²) in [5, 5.41) is 7.20. The maximum atomic E-state index is 6.04. The molecule has 4 heteroatoms. The van der Waals surface area contributed by atoms with Gasteiger partial charge in [-0.05, 0) is 22.4 Å². The van der Waals surface area contributed by atoms with Gasteiger partial charge in [0.05, 0.1) is 30.1 Å². The van der Waals surface area contributed by atoms with Gasteiger partial charge in [0.2, 0.25) is 0 Å². The van der Waals surface area contributed by atoms with E-state index in [9.17, 15) is 0 Å². The second-order valence-electron chi connectivity index (χ2n) is 4.74. The van der Waals surface area contributed by atoms with Crippen LogP contribution in [0.15, 0.2) is 48.7 Å². The summed E-state index contributed by atoms with van der Waals surface area (Å²) in [6.45, 7) is 1.02. The molecule has 3 rings (SSSR count). The fraction of sp³-hybridized carbons (Fsp3) is 0.188.